The van der Waals surface area contributed by atoms with Gasteiger partial charge in [-0.2, -0.15) is 17.6 Å². The number of carbonyl (C=O) groups is 1. The molecule has 5 nitrogen and oxygen atoms in total. The number of primary amides is 1. The van der Waals surface area contributed by atoms with Crippen LogP contribution >= 0.6 is 0 Å². The number of benzene rings is 1. The number of nitrogens with two attached hydrogens (primary N) is 1. The van der Waals surface area contributed by atoms with E-state index in [4.69, 9.17) is 0 Å². The first-order valence-electron chi connectivity index (χ1n) is 3.99. The molecule has 0 saturated carbocycles. The van der Waals surface area contributed by atoms with E-state index in [-0.39, 0.29) is 12.1 Å². The largest absolute Gasteiger partial charge is 0.416 e. The molecule has 0 radical (unpaired) electrons. The summed E-state index contributed by atoms with van der Waals surface area (Å²) in [6.45, 7) is 0. The van der Waals surface area contributed by atoms with Crippen molar-refractivity contribution < 1.29 is 27.3 Å². The molecule has 0 aliphatic carbocycles. The van der Waals surface area contributed by atoms with Gasteiger partial charge >= 0.3 is 11.9 Å². The van der Waals surface area contributed by atoms with Crippen LogP contribution in [-0.4, -0.2) is 10.8 Å². The first-order chi connectivity index (χ1) is 7.64. The minimum atomic E-state index is -4.94. The van der Waals surface area contributed by atoms with Crippen LogP contribution in [0.3, 0.4) is 0 Å². The highest BCUT2D eigenvalue weighted by molar-refractivity contribution is 5.94. The van der Waals surface area contributed by atoms with Crippen molar-refractivity contribution in [2.45, 2.75) is 6.18 Å². The van der Waals surface area contributed by atoms with Crippen molar-refractivity contribution in [2.24, 2.45) is 5.73 Å². The Kier molecular flexibility index (Phi) is 3.03. The highest BCUT2D eigenvalue weighted by Gasteiger charge is 2.35. The second-order valence-electron chi connectivity index (χ2n) is 2.98. The Hall–Kier alpha value is -2.19. The minimum absolute atomic E-state index is 0.00176. The molecule has 2 N–H and O–H groups in total. The summed E-state index contributed by atoms with van der Waals surface area (Å²) < 4.78 is 50.2. The van der Waals surface area contributed by atoms with E-state index in [0.29, 0.717) is 0 Å². The molecular weight excluding hydrogens is 248 g/mol. The molecule has 0 aromatic heterocycles. The van der Waals surface area contributed by atoms with Crippen LogP contribution in [0, 0.1) is 15.9 Å². The Morgan fingerprint density at radius 1 is 1.35 bits per heavy atom. The highest BCUT2D eigenvalue weighted by Crippen LogP contribution is 2.34. The van der Waals surface area contributed by atoms with Gasteiger partial charge in [0.05, 0.1) is 16.1 Å². The third kappa shape index (κ3) is 2.49. The summed E-state index contributed by atoms with van der Waals surface area (Å²) >= 11 is 0. The molecule has 1 aromatic rings. The monoisotopic (exact) mass is 252 g/mol. The van der Waals surface area contributed by atoms with Crippen LogP contribution < -0.4 is 5.73 Å². The van der Waals surface area contributed by atoms with Gasteiger partial charge in [-0.1, -0.05) is 0 Å². The van der Waals surface area contributed by atoms with Crippen molar-refractivity contribution in [1.29, 1.82) is 0 Å². The number of amides is 1. The lowest BCUT2D eigenvalue weighted by molar-refractivity contribution is -0.387. The molecule has 92 valence electrons. The predicted molar refractivity (Wildman–Crippen MR) is 46.6 cm³/mol. The Morgan fingerprint density at radius 2 is 1.88 bits per heavy atom. The zero-order chi connectivity index (χ0) is 13.4. The van der Waals surface area contributed by atoms with Crippen LogP contribution in [0.15, 0.2) is 12.1 Å². The first-order valence-corrected chi connectivity index (χ1v) is 3.99. The molecule has 1 rings (SSSR count). The molecule has 0 aliphatic rings. The number of alkyl halides is 3. The number of nitrogens with zero attached hydrogens (tertiary/aromatic N) is 1. The van der Waals surface area contributed by atoms with Gasteiger partial charge in [0.1, 0.15) is 0 Å². The van der Waals surface area contributed by atoms with Gasteiger partial charge in [-0.15, -0.1) is 0 Å². The molecule has 0 atom stereocenters. The Bertz CT molecular complexity index is 463. The molecule has 1 aromatic carbocycles. The van der Waals surface area contributed by atoms with Crippen molar-refractivity contribution in [1.82, 2.24) is 0 Å². The summed E-state index contributed by atoms with van der Waals surface area (Å²) in [5.41, 5.74) is 0.488. The topological polar surface area (TPSA) is 86.2 Å². The van der Waals surface area contributed by atoms with E-state index in [1.165, 1.54) is 0 Å². The molecule has 0 aliphatic heterocycles. The van der Waals surface area contributed by atoms with Crippen LogP contribution in [0.25, 0.3) is 0 Å². The Morgan fingerprint density at radius 3 is 2.24 bits per heavy atom. The van der Waals surface area contributed by atoms with Gasteiger partial charge in [0.25, 0.3) is 5.91 Å². The van der Waals surface area contributed by atoms with Gasteiger partial charge in [-0.3, -0.25) is 14.9 Å². The van der Waals surface area contributed by atoms with Gasteiger partial charge in [0, 0.05) is 6.07 Å². The summed E-state index contributed by atoms with van der Waals surface area (Å²) in [6.07, 6.45) is -4.94. The van der Waals surface area contributed by atoms with E-state index in [2.05, 4.69) is 5.73 Å². The summed E-state index contributed by atoms with van der Waals surface area (Å²) in [5, 5.41) is 10.3. The van der Waals surface area contributed by atoms with E-state index >= 15 is 0 Å². The molecular formula is C8H4F4N2O3. The van der Waals surface area contributed by atoms with Crippen molar-refractivity contribution in [3.8, 4) is 0 Å². The van der Waals surface area contributed by atoms with E-state index in [0.717, 1.165) is 0 Å². The fourth-order valence-corrected chi connectivity index (χ4v) is 1.08. The number of nitro groups is 1. The summed E-state index contributed by atoms with van der Waals surface area (Å²) in [7, 11) is 0. The van der Waals surface area contributed by atoms with Gasteiger partial charge in [-0.25, -0.2) is 0 Å². The maximum atomic E-state index is 13.2. The van der Waals surface area contributed by atoms with E-state index in [1.807, 2.05) is 0 Å². The predicted octanol–water partition coefficient (Wildman–Crippen LogP) is 1.85. The first kappa shape index (κ1) is 12.9. The second-order valence-corrected chi connectivity index (χ2v) is 2.98. The summed E-state index contributed by atoms with van der Waals surface area (Å²) in [6, 6.07) is 0.131. The zero-order valence-electron chi connectivity index (χ0n) is 7.92. The van der Waals surface area contributed by atoms with Crippen LogP contribution in [0.5, 0.6) is 0 Å². The van der Waals surface area contributed by atoms with Gasteiger partial charge in [0.15, 0.2) is 0 Å². The summed E-state index contributed by atoms with van der Waals surface area (Å²) in [4.78, 5) is 19.6. The fraction of sp³-hybridized carbons (Fsp3) is 0.125. The highest BCUT2D eigenvalue weighted by atomic mass is 19.4. The third-order valence-corrected chi connectivity index (χ3v) is 1.84. The molecule has 0 bridgehead atoms. The maximum absolute atomic E-state index is 13.2. The van der Waals surface area contributed by atoms with Crippen LogP contribution in [0.2, 0.25) is 0 Å². The minimum Gasteiger partial charge on any atom is -0.366 e. The number of rotatable bonds is 2. The number of nitro benzene ring substituents is 1. The van der Waals surface area contributed by atoms with Crippen LogP contribution in [-0.2, 0) is 6.18 Å². The zero-order valence-corrected chi connectivity index (χ0v) is 7.92. The van der Waals surface area contributed by atoms with E-state index in [1.54, 1.807) is 0 Å². The number of hydrogen-bond acceptors (Lipinski definition) is 3. The lowest BCUT2D eigenvalue weighted by atomic mass is 10.1. The third-order valence-electron chi connectivity index (χ3n) is 1.84. The number of carbonyl (C=O) groups excluding carboxylic acids is 1. The second kappa shape index (κ2) is 4.00. The number of halogens is 4. The SMILES string of the molecule is NC(=O)c1cc(C(F)(F)F)cc([N+](=O)[O-])c1F. The smallest absolute Gasteiger partial charge is 0.366 e. The van der Waals surface area contributed by atoms with Gasteiger partial charge in [-0.05, 0) is 6.07 Å². The molecule has 0 unspecified atom stereocenters. The van der Waals surface area contributed by atoms with Crippen molar-refractivity contribution in [3.05, 3.63) is 39.2 Å². The van der Waals surface area contributed by atoms with Crippen molar-refractivity contribution in [2.75, 3.05) is 0 Å². The van der Waals surface area contributed by atoms with Crippen LogP contribution in [0.1, 0.15) is 15.9 Å². The molecule has 0 saturated heterocycles. The standard InChI is InChI=1S/C8H4F4N2O3/c9-6-4(7(13)15)1-3(8(10,11)12)2-5(6)14(16)17/h1-2H,(H2,13,15). The van der Waals surface area contributed by atoms with E-state index in [9.17, 15) is 32.5 Å². The van der Waals surface area contributed by atoms with Crippen molar-refractivity contribution in [3.63, 3.8) is 0 Å². The maximum Gasteiger partial charge on any atom is 0.416 e. The average molecular weight is 252 g/mol. The van der Waals surface area contributed by atoms with Gasteiger partial charge in [0.2, 0.25) is 5.82 Å². The molecule has 17 heavy (non-hydrogen) atoms. The molecule has 9 heteroatoms. The Labute approximate surface area is 91.0 Å². The lowest BCUT2D eigenvalue weighted by Crippen LogP contribution is -2.17. The molecule has 0 heterocycles. The van der Waals surface area contributed by atoms with E-state index < -0.39 is 39.6 Å². The number of hydrogen-bond donors (Lipinski definition) is 1. The van der Waals surface area contributed by atoms with Crippen molar-refractivity contribution >= 4 is 11.6 Å². The van der Waals surface area contributed by atoms with Gasteiger partial charge < -0.3 is 5.73 Å². The fourth-order valence-electron chi connectivity index (χ4n) is 1.08. The normalized spacial score (nSPS) is 11.3. The lowest BCUT2D eigenvalue weighted by Gasteiger charge is -2.08. The van der Waals surface area contributed by atoms with Crippen LogP contribution in [0.4, 0.5) is 23.2 Å². The quantitative estimate of drug-likeness (QED) is 0.495. The molecule has 0 fully saturated rings. The Balaban J connectivity index is 3.59. The molecule has 1 amide bonds. The molecule has 0 spiro atoms. The summed E-state index contributed by atoms with van der Waals surface area (Å²) in [5.74, 6) is -3.20. The average Bonchev–Trinajstić information content (AvgIpc) is 2.14.